The highest BCUT2D eigenvalue weighted by Gasteiger charge is 2.29. The Morgan fingerprint density at radius 3 is 2.30 bits per heavy atom. The van der Waals surface area contributed by atoms with E-state index in [0.29, 0.717) is 6.42 Å². The van der Waals surface area contributed by atoms with Crippen LogP contribution >= 0.6 is 0 Å². The number of hydrogen-bond acceptors (Lipinski definition) is 2. The summed E-state index contributed by atoms with van der Waals surface area (Å²) in [6.45, 7) is 4.69. The second kappa shape index (κ2) is 6.78. The van der Waals surface area contributed by atoms with Gasteiger partial charge in [0.05, 0.1) is 12.1 Å². The molecule has 0 amide bonds. The number of halogens is 3. The summed E-state index contributed by atoms with van der Waals surface area (Å²) in [5, 5.41) is 3.27. The van der Waals surface area contributed by atoms with Crippen molar-refractivity contribution in [2.75, 3.05) is 32.7 Å². The molecule has 1 saturated heterocycles. The first-order valence-corrected chi connectivity index (χ1v) is 6.60. The molecule has 0 radical (unpaired) electrons. The van der Waals surface area contributed by atoms with Crippen molar-refractivity contribution in [3.63, 3.8) is 0 Å². The van der Waals surface area contributed by atoms with E-state index in [1.807, 2.05) is 0 Å². The Morgan fingerprint density at radius 2 is 1.70 bits per heavy atom. The Balaban J connectivity index is 1.82. The minimum absolute atomic E-state index is 0.490. The lowest BCUT2D eigenvalue weighted by Gasteiger charge is -2.24. The Kier molecular flexibility index (Phi) is 5.05. The second-order valence-electron chi connectivity index (χ2n) is 4.75. The van der Waals surface area contributed by atoms with Crippen LogP contribution in [-0.2, 0) is 12.6 Å². The van der Waals surface area contributed by atoms with Gasteiger partial charge in [0.2, 0.25) is 0 Å². The number of benzene rings is 1. The number of rotatable bonds is 2. The zero-order valence-electron chi connectivity index (χ0n) is 11.1. The van der Waals surface area contributed by atoms with Crippen LogP contribution in [-0.4, -0.2) is 37.6 Å². The summed E-state index contributed by atoms with van der Waals surface area (Å²) in [6, 6.07) is 5.19. The van der Waals surface area contributed by atoms with Crippen LogP contribution < -0.4 is 5.32 Å². The lowest BCUT2D eigenvalue weighted by Crippen LogP contribution is -2.43. The number of nitrogens with one attached hydrogen (secondary N) is 1. The Bertz CT molecular complexity index is 477. The molecule has 0 bridgehead atoms. The third kappa shape index (κ3) is 4.55. The van der Waals surface area contributed by atoms with Crippen molar-refractivity contribution < 1.29 is 13.2 Å². The highest BCUT2D eigenvalue weighted by atomic mass is 19.4. The molecule has 0 atom stereocenters. The van der Waals surface area contributed by atoms with E-state index < -0.39 is 11.7 Å². The van der Waals surface area contributed by atoms with Crippen molar-refractivity contribution in [2.24, 2.45) is 0 Å². The number of nitrogens with zero attached hydrogens (tertiary/aromatic N) is 1. The van der Waals surface area contributed by atoms with Gasteiger partial charge in [-0.25, -0.2) is 0 Å². The van der Waals surface area contributed by atoms with Crippen LogP contribution in [0.5, 0.6) is 0 Å². The monoisotopic (exact) mass is 282 g/mol. The summed E-state index contributed by atoms with van der Waals surface area (Å²) in [5.74, 6) is 6.09. The van der Waals surface area contributed by atoms with Crippen molar-refractivity contribution in [1.29, 1.82) is 0 Å². The SMILES string of the molecule is FC(F)(F)c1ccc(CC#CCN2CCNCC2)cc1. The van der Waals surface area contributed by atoms with Crippen molar-refractivity contribution in [1.82, 2.24) is 10.2 Å². The van der Waals surface area contributed by atoms with E-state index in [1.165, 1.54) is 12.1 Å². The Labute approximate surface area is 117 Å². The summed E-state index contributed by atoms with van der Waals surface area (Å²) in [7, 11) is 0. The second-order valence-corrected chi connectivity index (χ2v) is 4.75. The highest BCUT2D eigenvalue weighted by Crippen LogP contribution is 2.29. The fraction of sp³-hybridized carbons (Fsp3) is 0.467. The maximum absolute atomic E-state index is 12.4. The Hall–Kier alpha value is -1.51. The summed E-state index contributed by atoms with van der Waals surface area (Å²) in [4.78, 5) is 2.26. The van der Waals surface area contributed by atoms with E-state index in [-0.39, 0.29) is 0 Å². The Morgan fingerprint density at radius 1 is 1.05 bits per heavy atom. The molecule has 2 rings (SSSR count). The van der Waals surface area contributed by atoms with E-state index in [4.69, 9.17) is 0 Å². The first kappa shape index (κ1) is 14.9. The van der Waals surface area contributed by atoms with Gasteiger partial charge in [0, 0.05) is 32.6 Å². The molecule has 1 aromatic rings. The highest BCUT2D eigenvalue weighted by molar-refractivity contribution is 5.27. The number of alkyl halides is 3. The van der Waals surface area contributed by atoms with E-state index in [0.717, 1.165) is 50.4 Å². The van der Waals surface area contributed by atoms with Gasteiger partial charge < -0.3 is 5.32 Å². The molecule has 0 saturated carbocycles. The molecule has 1 aromatic carbocycles. The van der Waals surface area contributed by atoms with E-state index in [9.17, 15) is 13.2 Å². The zero-order valence-corrected chi connectivity index (χ0v) is 11.1. The van der Waals surface area contributed by atoms with Crippen LogP contribution in [0.1, 0.15) is 11.1 Å². The molecular weight excluding hydrogens is 265 g/mol. The van der Waals surface area contributed by atoms with Crippen LogP contribution in [0, 0.1) is 11.8 Å². The number of hydrogen-bond donors (Lipinski definition) is 1. The van der Waals surface area contributed by atoms with E-state index in [2.05, 4.69) is 22.1 Å². The predicted molar refractivity (Wildman–Crippen MR) is 72.2 cm³/mol. The number of piperazine rings is 1. The maximum Gasteiger partial charge on any atom is 0.416 e. The first-order chi connectivity index (χ1) is 9.55. The summed E-state index contributed by atoms with van der Waals surface area (Å²) in [5.41, 5.74) is 0.195. The molecule has 0 unspecified atom stereocenters. The van der Waals surface area contributed by atoms with Crippen LogP contribution in [0.4, 0.5) is 13.2 Å². The van der Waals surface area contributed by atoms with Crippen LogP contribution in [0.3, 0.4) is 0 Å². The molecule has 1 fully saturated rings. The van der Waals surface area contributed by atoms with Gasteiger partial charge in [-0.2, -0.15) is 13.2 Å². The standard InChI is InChI=1S/C15H17F3N2/c16-15(17,18)14-6-4-13(5-7-14)3-1-2-10-20-11-8-19-9-12-20/h4-7,19H,3,8-12H2. The zero-order chi connectivity index (χ0) is 14.4. The fourth-order valence-electron chi connectivity index (χ4n) is 2.01. The summed E-state index contributed by atoms with van der Waals surface area (Å²) in [6.07, 6.45) is -3.78. The lowest BCUT2D eigenvalue weighted by atomic mass is 10.1. The molecule has 20 heavy (non-hydrogen) atoms. The van der Waals surface area contributed by atoms with Gasteiger partial charge in [0.1, 0.15) is 0 Å². The minimum atomic E-state index is -4.27. The largest absolute Gasteiger partial charge is 0.416 e. The normalized spacial score (nSPS) is 16.6. The van der Waals surface area contributed by atoms with Crippen LogP contribution in [0.25, 0.3) is 0 Å². The smallest absolute Gasteiger partial charge is 0.314 e. The van der Waals surface area contributed by atoms with E-state index >= 15 is 0 Å². The van der Waals surface area contributed by atoms with Crippen molar-refractivity contribution in [2.45, 2.75) is 12.6 Å². The maximum atomic E-state index is 12.4. The molecular formula is C15H17F3N2. The average Bonchev–Trinajstić information content (AvgIpc) is 2.44. The van der Waals surface area contributed by atoms with Gasteiger partial charge in [0.15, 0.2) is 0 Å². The molecule has 108 valence electrons. The average molecular weight is 282 g/mol. The quantitative estimate of drug-likeness (QED) is 0.836. The topological polar surface area (TPSA) is 15.3 Å². The van der Waals surface area contributed by atoms with Crippen molar-refractivity contribution in [3.8, 4) is 11.8 Å². The summed E-state index contributed by atoms with van der Waals surface area (Å²) < 4.78 is 37.2. The van der Waals surface area contributed by atoms with Gasteiger partial charge in [-0.05, 0) is 17.7 Å². The molecule has 0 aliphatic carbocycles. The summed E-state index contributed by atoms with van der Waals surface area (Å²) >= 11 is 0. The molecule has 0 aromatic heterocycles. The van der Waals surface area contributed by atoms with Gasteiger partial charge in [-0.3, -0.25) is 4.90 Å². The first-order valence-electron chi connectivity index (χ1n) is 6.60. The van der Waals surface area contributed by atoms with Crippen molar-refractivity contribution >= 4 is 0 Å². The van der Waals surface area contributed by atoms with Gasteiger partial charge in [-0.1, -0.05) is 24.0 Å². The van der Waals surface area contributed by atoms with Crippen LogP contribution in [0.2, 0.25) is 0 Å². The predicted octanol–water partition coefficient (Wildman–Crippen LogP) is 2.16. The minimum Gasteiger partial charge on any atom is -0.314 e. The molecule has 1 aliphatic heterocycles. The van der Waals surface area contributed by atoms with Gasteiger partial charge >= 0.3 is 6.18 Å². The van der Waals surface area contributed by atoms with Gasteiger partial charge in [0.25, 0.3) is 0 Å². The lowest BCUT2D eigenvalue weighted by molar-refractivity contribution is -0.137. The molecule has 0 spiro atoms. The van der Waals surface area contributed by atoms with Crippen molar-refractivity contribution in [3.05, 3.63) is 35.4 Å². The third-order valence-corrected chi connectivity index (χ3v) is 3.21. The van der Waals surface area contributed by atoms with E-state index in [1.54, 1.807) is 0 Å². The third-order valence-electron chi connectivity index (χ3n) is 3.21. The molecule has 5 heteroatoms. The molecule has 1 aliphatic rings. The molecule has 1 N–H and O–H groups in total. The van der Waals surface area contributed by atoms with Gasteiger partial charge in [-0.15, -0.1) is 0 Å². The fourth-order valence-corrected chi connectivity index (χ4v) is 2.01. The van der Waals surface area contributed by atoms with Crippen LogP contribution in [0.15, 0.2) is 24.3 Å². The molecule has 1 heterocycles. The molecule has 2 nitrogen and oxygen atoms in total.